The fourth-order valence-corrected chi connectivity index (χ4v) is 2.50. The van der Waals surface area contributed by atoms with Crippen LogP contribution in [0.3, 0.4) is 0 Å². The first kappa shape index (κ1) is 21.2. The second kappa shape index (κ2) is 11.7. The van der Waals surface area contributed by atoms with Crippen molar-refractivity contribution in [3.63, 3.8) is 0 Å². The van der Waals surface area contributed by atoms with Crippen LogP contribution in [0, 0.1) is 20.8 Å². The minimum absolute atomic E-state index is 0. The molecule has 1 rings (SSSR count). The molecule has 0 fully saturated rings. The molecular weight excluding hydrogens is 389 g/mol. The van der Waals surface area contributed by atoms with E-state index in [1.165, 1.54) is 22.3 Å². The molecule has 22 heavy (non-hydrogen) atoms. The molecule has 0 unspecified atom stereocenters. The number of guanidine groups is 1. The van der Waals surface area contributed by atoms with Crippen LogP contribution in [0.2, 0.25) is 0 Å². The molecule has 5 heteroatoms. The Morgan fingerprint density at radius 1 is 1.14 bits per heavy atom. The number of nitrogens with one attached hydrogen (secondary N) is 2. The first-order chi connectivity index (χ1) is 10.1. The molecule has 1 aromatic rings. The number of aryl methyl sites for hydroxylation is 3. The van der Waals surface area contributed by atoms with Crippen molar-refractivity contribution in [2.45, 2.75) is 34.1 Å². The van der Waals surface area contributed by atoms with E-state index in [-0.39, 0.29) is 24.0 Å². The lowest BCUT2D eigenvalue weighted by molar-refractivity contribution is 0.208. The van der Waals surface area contributed by atoms with Gasteiger partial charge >= 0.3 is 0 Å². The van der Waals surface area contributed by atoms with E-state index in [1.54, 1.807) is 7.11 Å². The van der Waals surface area contributed by atoms with Crippen LogP contribution in [0.5, 0.6) is 0 Å². The minimum atomic E-state index is 0. The van der Waals surface area contributed by atoms with Gasteiger partial charge in [-0.2, -0.15) is 0 Å². The number of aliphatic imine (C=N–C) groups is 1. The van der Waals surface area contributed by atoms with E-state index < -0.39 is 0 Å². The maximum absolute atomic E-state index is 5.02. The van der Waals surface area contributed by atoms with Crippen molar-refractivity contribution in [1.82, 2.24) is 10.6 Å². The van der Waals surface area contributed by atoms with Crippen LogP contribution in [-0.2, 0) is 11.2 Å². The van der Waals surface area contributed by atoms with Crippen LogP contribution in [0.4, 0.5) is 0 Å². The topological polar surface area (TPSA) is 45.7 Å². The predicted molar refractivity (Wildman–Crippen MR) is 106 cm³/mol. The lowest BCUT2D eigenvalue weighted by Crippen LogP contribution is -2.38. The highest BCUT2D eigenvalue weighted by molar-refractivity contribution is 14.0. The highest BCUT2D eigenvalue weighted by atomic mass is 127. The molecule has 126 valence electrons. The average molecular weight is 419 g/mol. The average Bonchev–Trinajstić information content (AvgIpc) is 2.41. The summed E-state index contributed by atoms with van der Waals surface area (Å²) in [5.41, 5.74) is 5.50. The zero-order valence-corrected chi connectivity index (χ0v) is 16.8. The van der Waals surface area contributed by atoms with E-state index in [4.69, 9.17) is 4.74 Å². The van der Waals surface area contributed by atoms with Crippen molar-refractivity contribution >= 4 is 29.9 Å². The molecule has 2 N–H and O–H groups in total. The third-order valence-corrected chi connectivity index (χ3v) is 3.42. The van der Waals surface area contributed by atoms with Crippen molar-refractivity contribution in [3.05, 3.63) is 34.4 Å². The zero-order valence-electron chi connectivity index (χ0n) is 14.5. The second-order valence-electron chi connectivity index (χ2n) is 5.31. The molecule has 0 aliphatic carbocycles. The van der Waals surface area contributed by atoms with Crippen molar-refractivity contribution in [2.75, 3.05) is 33.4 Å². The van der Waals surface area contributed by atoms with E-state index in [9.17, 15) is 0 Å². The van der Waals surface area contributed by atoms with Gasteiger partial charge in [-0.1, -0.05) is 17.7 Å². The molecule has 0 aromatic heterocycles. The molecule has 0 heterocycles. The standard InChI is InChI=1S/C17H29N3O.HI/c1-6-18-17(20-9-10-21-5)19-8-7-16-14(3)11-13(2)12-15(16)4;/h11-12H,6-10H2,1-5H3,(H2,18,19,20);1H. The fraction of sp³-hybridized carbons (Fsp3) is 0.588. The van der Waals surface area contributed by atoms with Crippen molar-refractivity contribution in [3.8, 4) is 0 Å². The number of ether oxygens (including phenoxy) is 1. The first-order valence-electron chi connectivity index (χ1n) is 7.66. The number of benzene rings is 1. The SMILES string of the molecule is CCNC(=NCCOC)NCCc1c(C)cc(C)cc1C.I. The number of halogens is 1. The van der Waals surface area contributed by atoms with Crippen LogP contribution in [0.25, 0.3) is 0 Å². The third kappa shape index (κ3) is 7.45. The Morgan fingerprint density at radius 2 is 1.77 bits per heavy atom. The second-order valence-corrected chi connectivity index (χ2v) is 5.31. The Balaban J connectivity index is 0.00000441. The Labute approximate surface area is 152 Å². The molecular formula is C17H30IN3O. The summed E-state index contributed by atoms with van der Waals surface area (Å²) in [6.45, 7) is 11.7. The van der Waals surface area contributed by atoms with Gasteiger partial charge in [0, 0.05) is 20.2 Å². The van der Waals surface area contributed by atoms with Gasteiger partial charge in [-0.15, -0.1) is 24.0 Å². The molecule has 0 saturated heterocycles. The van der Waals surface area contributed by atoms with Gasteiger partial charge in [0.05, 0.1) is 13.2 Å². The van der Waals surface area contributed by atoms with Gasteiger partial charge in [-0.25, -0.2) is 0 Å². The lowest BCUT2D eigenvalue weighted by Gasteiger charge is -2.14. The monoisotopic (exact) mass is 419 g/mol. The van der Waals surface area contributed by atoms with Gasteiger partial charge in [-0.05, 0) is 50.8 Å². The van der Waals surface area contributed by atoms with Gasteiger partial charge in [0.2, 0.25) is 0 Å². The van der Waals surface area contributed by atoms with Gasteiger partial charge in [0.25, 0.3) is 0 Å². The quantitative estimate of drug-likeness (QED) is 0.309. The highest BCUT2D eigenvalue weighted by Crippen LogP contribution is 2.16. The maximum atomic E-state index is 5.02. The van der Waals surface area contributed by atoms with E-state index in [1.807, 2.05) is 0 Å². The van der Waals surface area contributed by atoms with Crippen molar-refractivity contribution in [2.24, 2.45) is 4.99 Å². The van der Waals surface area contributed by atoms with Crippen LogP contribution >= 0.6 is 24.0 Å². The van der Waals surface area contributed by atoms with Crippen LogP contribution < -0.4 is 10.6 Å². The molecule has 1 aromatic carbocycles. The smallest absolute Gasteiger partial charge is 0.191 e. The van der Waals surface area contributed by atoms with E-state index in [0.29, 0.717) is 13.2 Å². The molecule has 0 amide bonds. The Hall–Kier alpha value is -0.820. The largest absolute Gasteiger partial charge is 0.383 e. The summed E-state index contributed by atoms with van der Waals surface area (Å²) in [5.74, 6) is 0.858. The van der Waals surface area contributed by atoms with Crippen LogP contribution in [0.15, 0.2) is 17.1 Å². The molecule has 0 aliphatic rings. The zero-order chi connectivity index (χ0) is 15.7. The number of rotatable bonds is 7. The number of nitrogens with zero attached hydrogens (tertiary/aromatic N) is 1. The number of hydrogen-bond donors (Lipinski definition) is 2. The Bertz CT molecular complexity index is 452. The predicted octanol–water partition coefficient (Wildman–Crippen LogP) is 2.97. The summed E-state index contributed by atoms with van der Waals surface area (Å²) in [4.78, 5) is 4.46. The van der Waals surface area contributed by atoms with Crippen molar-refractivity contribution in [1.29, 1.82) is 0 Å². The van der Waals surface area contributed by atoms with Gasteiger partial charge < -0.3 is 15.4 Å². The molecule has 0 aliphatic heterocycles. The van der Waals surface area contributed by atoms with E-state index >= 15 is 0 Å². The molecule has 4 nitrogen and oxygen atoms in total. The lowest BCUT2D eigenvalue weighted by atomic mass is 9.97. The molecule has 0 atom stereocenters. The molecule has 0 spiro atoms. The van der Waals surface area contributed by atoms with Crippen LogP contribution in [-0.4, -0.2) is 39.3 Å². The van der Waals surface area contributed by atoms with Gasteiger partial charge in [-0.3, -0.25) is 4.99 Å². The number of methoxy groups -OCH3 is 1. The summed E-state index contributed by atoms with van der Waals surface area (Å²) in [5, 5.41) is 6.63. The molecule has 0 bridgehead atoms. The minimum Gasteiger partial charge on any atom is -0.383 e. The van der Waals surface area contributed by atoms with E-state index in [2.05, 4.69) is 55.5 Å². The first-order valence-corrected chi connectivity index (χ1v) is 7.66. The van der Waals surface area contributed by atoms with Crippen LogP contribution in [0.1, 0.15) is 29.2 Å². The summed E-state index contributed by atoms with van der Waals surface area (Å²) >= 11 is 0. The summed E-state index contributed by atoms with van der Waals surface area (Å²) in [7, 11) is 1.69. The number of hydrogen-bond acceptors (Lipinski definition) is 2. The summed E-state index contributed by atoms with van der Waals surface area (Å²) < 4.78 is 5.02. The van der Waals surface area contributed by atoms with Crippen molar-refractivity contribution < 1.29 is 4.74 Å². The molecule has 0 saturated carbocycles. The highest BCUT2D eigenvalue weighted by Gasteiger charge is 2.04. The fourth-order valence-electron chi connectivity index (χ4n) is 2.50. The Morgan fingerprint density at radius 3 is 2.32 bits per heavy atom. The van der Waals surface area contributed by atoms with E-state index in [0.717, 1.165) is 25.5 Å². The van der Waals surface area contributed by atoms with Gasteiger partial charge in [0.1, 0.15) is 0 Å². The summed E-state index contributed by atoms with van der Waals surface area (Å²) in [6, 6.07) is 4.50. The van der Waals surface area contributed by atoms with Gasteiger partial charge in [0.15, 0.2) is 5.96 Å². The summed E-state index contributed by atoms with van der Waals surface area (Å²) in [6.07, 6.45) is 1.01. The maximum Gasteiger partial charge on any atom is 0.191 e. The Kier molecular flexibility index (Phi) is 11.3. The third-order valence-electron chi connectivity index (χ3n) is 3.42. The normalized spacial score (nSPS) is 11.0. The molecule has 0 radical (unpaired) electrons.